The van der Waals surface area contributed by atoms with Crippen LogP contribution in [0.15, 0.2) is 42.6 Å². The number of ether oxygens (including phenoxy) is 2. The van der Waals surface area contributed by atoms with Gasteiger partial charge < -0.3 is 20.1 Å². The number of nitrogens with one attached hydrogen (secondary N) is 2. The standard InChI is InChI=1S/C19H19ClN4O3/c1-12-10-16(18-15(22-12)4-3-7-21-18)24-19(25)23-13-5-6-17(14(20)11-13)27-9-8-26-2/h3-7,10-11H,8-9H2,1-2H3,(H2,22,23,24,25). The molecule has 0 fully saturated rings. The Kier molecular flexibility index (Phi) is 6.05. The van der Waals surface area contributed by atoms with Gasteiger partial charge in [0, 0.05) is 24.7 Å². The van der Waals surface area contributed by atoms with E-state index in [9.17, 15) is 4.79 Å². The second-order valence-electron chi connectivity index (χ2n) is 5.75. The maximum absolute atomic E-state index is 12.4. The van der Waals surface area contributed by atoms with Crippen LogP contribution in [-0.4, -0.2) is 36.3 Å². The quantitative estimate of drug-likeness (QED) is 0.618. The molecule has 2 amide bonds. The number of benzene rings is 1. The van der Waals surface area contributed by atoms with E-state index in [1.54, 1.807) is 43.6 Å². The Hall–Kier alpha value is -2.90. The van der Waals surface area contributed by atoms with Gasteiger partial charge in [0.25, 0.3) is 0 Å². The van der Waals surface area contributed by atoms with E-state index < -0.39 is 6.03 Å². The number of aryl methyl sites for hydroxylation is 1. The normalized spacial score (nSPS) is 10.6. The van der Waals surface area contributed by atoms with Gasteiger partial charge in [-0.15, -0.1) is 0 Å². The number of rotatable bonds is 6. The van der Waals surface area contributed by atoms with Crippen molar-refractivity contribution in [2.45, 2.75) is 6.92 Å². The van der Waals surface area contributed by atoms with Gasteiger partial charge >= 0.3 is 6.03 Å². The second-order valence-corrected chi connectivity index (χ2v) is 6.16. The Morgan fingerprint density at radius 3 is 2.81 bits per heavy atom. The lowest BCUT2D eigenvalue weighted by molar-refractivity contribution is 0.146. The van der Waals surface area contributed by atoms with Crippen LogP contribution in [0.5, 0.6) is 5.75 Å². The van der Waals surface area contributed by atoms with E-state index in [0.717, 1.165) is 5.69 Å². The molecule has 0 atom stereocenters. The molecule has 0 aliphatic carbocycles. The topological polar surface area (TPSA) is 85.4 Å². The average molecular weight is 387 g/mol. The Bertz CT molecular complexity index is 965. The van der Waals surface area contributed by atoms with Gasteiger partial charge in [0.15, 0.2) is 0 Å². The lowest BCUT2D eigenvalue weighted by atomic mass is 10.2. The van der Waals surface area contributed by atoms with E-state index in [2.05, 4.69) is 20.6 Å². The Morgan fingerprint density at radius 1 is 1.19 bits per heavy atom. The summed E-state index contributed by atoms with van der Waals surface area (Å²) in [5, 5.41) is 5.95. The van der Waals surface area contributed by atoms with Crippen LogP contribution in [0, 0.1) is 6.92 Å². The number of pyridine rings is 2. The zero-order chi connectivity index (χ0) is 19.2. The maximum Gasteiger partial charge on any atom is 0.323 e. The van der Waals surface area contributed by atoms with Gasteiger partial charge in [-0.3, -0.25) is 9.97 Å². The molecule has 1 aromatic carbocycles. The summed E-state index contributed by atoms with van der Waals surface area (Å²) in [6.07, 6.45) is 1.66. The van der Waals surface area contributed by atoms with Gasteiger partial charge in [0.2, 0.25) is 0 Å². The summed E-state index contributed by atoms with van der Waals surface area (Å²) in [6, 6.07) is 10.0. The smallest absolute Gasteiger partial charge is 0.323 e. The maximum atomic E-state index is 12.4. The minimum Gasteiger partial charge on any atom is -0.490 e. The third-order valence-corrected chi connectivity index (χ3v) is 3.97. The fourth-order valence-corrected chi connectivity index (χ4v) is 2.74. The van der Waals surface area contributed by atoms with Gasteiger partial charge in [-0.05, 0) is 43.3 Å². The van der Waals surface area contributed by atoms with Gasteiger partial charge in [-0.1, -0.05) is 11.6 Å². The van der Waals surface area contributed by atoms with Crippen LogP contribution in [0.3, 0.4) is 0 Å². The molecule has 0 bridgehead atoms. The van der Waals surface area contributed by atoms with Crippen molar-refractivity contribution in [3.8, 4) is 5.75 Å². The first kappa shape index (κ1) is 18.9. The van der Waals surface area contributed by atoms with Crippen LogP contribution in [0.25, 0.3) is 11.0 Å². The summed E-state index contributed by atoms with van der Waals surface area (Å²) in [7, 11) is 1.60. The van der Waals surface area contributed by atoms with Gasteiger partial charge in [-0.2, -0.15) is 0 Å². The van der Waals surface area contributed by atoms with Crippen molar-refractivity contribution in [1.29, 1.82) is 0 Å². The number of methoxy groups -OCH3 is 1. The molecule has 2 heterocycles. The number of urea groups is 1. The monoisotopic (exact) mass is 386 g/mol. The van der Waals surface area contributed by atoms with E-state index >= 15 is 0 Å². The number of fused-ring (bicyclic) bond motifs is 1. The molecular weight excluding hydrogens is 368 g/mol. The SMILES string of the molecule is COCCOc1ccc(NC(=O)Nc2cc(C)nc3cccnc23)cc1Cl. The summed E-state index contributed by atoms with van der Waals surface area (Å²) in [6.45, 7) is 2.72. The van der Waals surface area contributed by atoms with Crippen LogP contribution < -0.4 is 15.4 Å². The molecular formula is C19H19ClN4O3. The minimum absolute atomic E-state index is 0.394. The molecule has 0 saturated heterocycles. The summed E-state index contributed by atoms with van der Waals surface area (Å²) >= 11 is 6.20. The highest BCUT2D eigenvalue weighted by atomic mass is 35.5. The molecule has 0 aliphatic heterocycles. The van der Waals surface area contributed by atoms with Crippen molar-refractivity contribution >= 4 is 40.0 Å². The number of aromatic nitrogens is 2. The van der Waals surface area contributed by atoms with Crippen molar-refractivity contribution in [2.75, 3.05) is 31.0 Å². The summed E-state index contributed by atoms with van der Waals surface area (Å²) in [4.78, 5) is 21.1. The zero-order valence-corrected chi connectivity index (χ0v) is 15.7. The molecule has 8 heteroatoms. The first-order chi connectivity index (χ1) is 13.1. The van der Waals surface area contributed by atoms with Crippen molar-refractivity contribution < 1.29 is 14.3 Å². The largest absolute Gasteiger partial charge is 0.490 e. The zero-order valence-electron chi connectivity index (χ0n) is 15.0. The molecule has 140 valence electrons. The first-order valence-electron chi connectivity index (χ1n) is 8.28. The Labute approximate surface area is 161 Å². The van der Waals surface area contributed by atoms with Crippen LogP contribution in [0.1, 0.15) is 5.69 Å². The number of carbonyl (C=O) groups excluding carboxylic acids is 1. The van der Waals surface area contributed by atoms with Gasteiger partial charge in [-0.25, -0.2) is 4.79 Å². The van der Waals surface area contributed by atoms with E-state index in [0.29, 0.717) is 46.4 Å². The minimum atomic E-state index is -0.406. The number of carbonyl (C=O) groups is 1. The van der Waals surface area contributed by atoms with Crippen LogP contribution >= 0.6 is 11.6 Å². The van der Waals surface area contributed by atoms with Crippen molar-refractivity contribution in [3.05, 3.63) is 53.3 Å². The lowest BCUT2D eigenvalue weighted by Crippen LogP contribution is -2.20. The first-order valence-corrected chi connectivity index (χ1v) is 8.66. The molecule has 0 radical (unpaired) electrons. The summed E-state index contributed by atoms with van der Waals surface area (Å²) in [5.74, 6) is 0.527. The molecule has 7 nitrogen and oxygen atoms in total. The fourth-order valence-electron chi connectivity index (χ4n) is 2.50. The molecule has 3 rings (SSSR count). The highest BCUT2D eigenvalue weighted by Crippen LogP contribution is 2.28. The van der Waals surface area contributed by atoms with Crippen LogP contribution in [0.2, 0.25) is 5.02 Å². The molecule has 0 aliphatic rings. The molecule has 2 N–H and O–H groups in total. The number of hydrogen-bond acceptors (Lipinski definition) is 5. The Balaban J connectivity index is 1.70. The fraction of sp³-hybridized carbons (Fsp3) is 0.211. The highest BCUT2D eigenvalue weighted by Gasteiger charge is 2.10. The molecule has 3 aromatic rings. The molecule has 0 spiro atoms. The molecule has 27 heavy (non-hydrogen) atoms. The third kappa shape index (κ3) is 4.84. The van der Waals surface area contributed by atoms with E-state index in [4.69, 9.17) is 21.1 Å². The van der Waals surface area contributed by atoms with Crippen molar-refractivity contribution in [2.24, 2.45) is 0 Å². The van der Waals surface area contributed by atoms with Crippen molar-refractivity contribution in [1.82, 2.24) is 9.97 Å². The van der Waals surface area contributed by atoms with E-state index in [-0.39, 0.29) is 0 Å². The number of hydrogen-bond donors (Lipinski definition) is 2. The Morgan fingerprint density at radius 2 is 2.04 bits per heavy atom. The third-order valence-electron chi connectivity index (χ3n) is 3.67. The highest BCUT2D eigenvalue weighted by molar-refractivity contribution is 6.32. The average Bonchev–Trinajstić information content (AvgIpc) is 2.63. The van der Waals surface area contributed by atoms with Gasteiger partial charge in [0.1, 0.15) is 17.9 Å². The van der Waals surface area contributed by atoms with Crippen LogP contribution in [0.4, 0.5) is 16.2 Å². The number of halogens is 1. The number of anilines is 2. The van der Waals surface area contributed by atoms with Crippen LogP contribution in [-0.2, 0) is 4.74 Å². The lowest BCUT2D eigenvalue weighted by Gasteiger charge is -2.12. The predicted octanol–water partition coefficient (Wildman–Crippen LogP) is 4.26. The van der Waals surface area contributed by atoms with E-state index in [1.165, 1.54) is 0 Å². The number of nitrogens with zero attached hydrogens (tertiary/aromatic N) is 2. The summed E-state index contributed by atoms with van der Waals surface area (Å²) in [5.41, 5.74) is 3.25. The molecule has 0 unspecified atom stereocenters. The second kappa shape index (κ2) is 8.66. The number of amides is 2. The molecule has 0 saturated carbocycles. The van der Waals surface area contributed by atoms with Crippen molar-refractivity contribution in [3.63, 3.8) is 0 Å². The predicted molar refractivity (Wildman–Crippen MR) is 106 cm³/mol. The van der Waals surface area contributed by atoms with Gasteiger partial charge in [0.05, 0.1) is 22.8 Å². The summed E-state index contributed by atoms with van der Waals surface area (Å²) < 4.78 is 10.4. The molecule has 2 aromatic heterocycles. The van der Waals surface area contributed by atoms with E-state index in [1.807, 2.05) is 13.0 Å².